The lowest BCUT2D eigenvalue weighted by Crippen LogP contribution is -2.31. The van der Waals surface area contributed by atoms with E-state index in [1.54, 1.807) is 37.0 Å². The lowest BCUT2D eigenvalue weighted by atomic mass is 10.1. The molecule has 0 unspecified atom stereocenters. The molecule has 0 radical (unpaired) electrons. The minimum absolute atomic E-state index is 0.0300. The summed E-state index contributed by atoms with van der Waals surface area (Å²) in [7, 11) is 3.10. The van der Waals surface area contributed by atoms with Gasteiger partial charge in [0.2, 0.25) is 5.88 Å². The third-order valence-corrected chi connectivity index (χ3v) is 6.39. The number of ether oxygens (including phenoxy) is 2. The summed E-state index contributed by atoms with van der Waals surface area (Å²) in [6, 6.07) is 10.9. The van der Waals surface area contributed by atoms with Crippen molar-refractivity contribution in [3.8, 4) is 17.4 Å². The fourth-order valence-corrected chi connectivity index (χ4v) is 4.46. The number of carbonyl (C=O) groups excluding carboxylic acids is 1. The molecule has 1 aromatic heterocycles. The topological polar surface area (TPSA) is 110 Å². The Morgan fingerprint density at radius 1 is 1.08 bits per heavy atom. The van der Waals surface area contributed by atoms with Gasteiger partial charge in [-0.1, -0.05) is 27.5 Å². The lowest BCUT2D eigenvalue weighted by Gasteiger charge is -2.27. The highest BCUT2D eigenvalue weighted by Crippen LogP contribution is 2.40. The van der Waals surface area contributed by atoms with Crippen LogP contribution in [0.15, 0.2) is 56.3 Å². The highest BCUT2D eigenvalue weighted by molar-refractivity contribution is 9.10. The Kier molecular flexibility index (Phi) is 8.55. The Morgan fingerprint density at radius 2 is 1.86 bits per heavy atom. The van der Waals surface area contributed by atoms with E-state index in [1.165, 1.54) is 12.6 Å². The molecule has 2 heterocycles. The van der Waals surface area contributed by atoms with E-state index in [9.17, 15) is 9.90 Å². The van der Waals surface area contributed by atoms with Crippen molar-refractivity contribution in [2.24, 2.45) is 15.4 Å². The van der Waals surface area contributed by atoms with E-state index in [4.69, 9.17) is 14.3 Å². The molecule has 0 atom stereocenters. The number of hydrogen-bond acceptors (Lipinski definition) is 8. The van der Waals surface area contributed by atoms with E-state index in [1.807, 2.05) is 18.2 Å². The van der Waals surface area contributed by atoms with E-state index in [2.05, 4.69) is 36.2 Å². The summed E-state index contributed by atoms with van der Waals surface area (Å²) in [5.41, 5.74) is 1.77. The summed E-state index contributed by atoms with van der Waals surface area (Å²) >= 11 is 3.47. The number of fused-ring (bicyclic) bond motifs is 1. The first kappa shape index (κ1) is 25.6. The van der Waals surface area contributed by atoms with Gasteiger partial charge in [-0.3, -0.25) is 14.3 Å². The first-order valence-corrected chi connectivity index (χ1v) is 12.3. The molecule has 1 amide bonds. The van der Waals surface area contributed by atoms with Crippen LogP contribution in [0.4, 0.5) is 5.69 Å². The van der Waals surface area contributed by atoms with E-state index in [0.717, 1.165) is 35.9 Å². The molecule has 11 heteroatoms. The highest BCUT2D eigenvalue weighted by atomic mass is 79.9. The molecule has 0 saturated carbocycles. The maximum Gasteiger partial charge on any atom is 0.304 e. The van der Waals surface area contributed by atoms with E-state index >= 15 is 0 Å². The summed E-state index contributed by atoms with van der Waals surface area (Å²) in [5, 5.41) is 23.3. The number of halogens is 1. The maximum absolute atomic E-state index is 12.2. The van der Waals surface area contributed by atoms with Gasteiger partial charge in [-0.05, 0) is 62.3 Å². The Morgan fingerprint density at radius 3 is 2.61 bits per heavy atom. The number of aromatic hydroxyl groups is 1. The third kappa shape index (κ3) is 6.03. The second-order valence-corrected chi connectivity index (χ2v) is 9.21. The number of likely N-dealkylation sites (tertiary alicyclic amines) is 1. The van der Waals surface area contributed by atoms with Gasteiger partial charge in [0.1, 0.15) is 0 Å². The SMILES string of the molecule is COc1ccc(/C=N\OCC(=O)N=Nc2c(O)n(CN3CCCCC3)c3ccc(Br)cc23)cc1OC. The van der Waals surface area contributed by atoms with Gasteiger partial charge >= 0.3 is 5.91 Å². The number of azo groups is 1. The molecular weight excluding hydrogens is 530 g/mol. The van der Waals surface area contributed by atoms with E-state index < -0.39 is 12.5 Å². The minimum Gasteiger partial charge on any atom is -0.493 e. The molecule has 1 saturated heterocycles. The first-order valence-electron chi connectivity index (χ1n) is 11.5. The second kappa shape index (κ2) is 12.0. The fraction of sp³-hybridized carbons (Fsp3) is 0.360. The Hall–Kier alpha value is -3.44. The Balaban J connectivity index is 1.44. The first-order chi connectivity index (χ1) is 17.5. The zero-order chi connectivity index (χ0) is 25.5. The number of rotatable bonds is 9. The van der Waals surface area contributed by atoms with Crippen LogP contribution >= 0.6 is 15.9 Å². The lowest BCUT2D eigenvalue weighted by molar-refractivity contribution is -0.122. The van der Waals surface area contributed by atoms with Crippen molar-refractivity contribution in [1.82, 2.24) is 9.47 Å². The van der Waals surface area contributed by atoms with Gasteiger partial charge in [0, 0.05) is 15.4 Å². The summed E-state index contributed by atoms with van der Waals surface area (Å²) in [6.07, 6.45) is 4.95. The highest BCUT2D eigenvalue weighted by Gasteiger charge is 2.20. The van der Waals surface area contributed by atoms with Crippen molar-refractivity contribution in [2.45, 2.75) is 25.9 Å². The summed E-state index contributed by atoms with van der Waals surface area (Å²) in [6.45, 7) is 2.10. The van der Waals surface area contributed by atoms with Crippen molar-refractivity contribution >= 4 is 44.6 Å². The van der Waals surface area contributed by atoms with Gasteiger partial charge in [-0.25, -0.2) is 0 Å². The number of benzene rings is 2. The number of carbonyl (C=O) groups is 1. The van der Waals surface area contributed by atoms with Crippen molar-refractivity contribution < 1.29 is 24.2 Å². The monoisotopic (exact) mass is 557 g/mol. The van der Waals surface area contributed by atoms with Gasteiger partial charge in [0.15, 0.2) is 23.8 Å². The number of oxime groups is 1. The standard InChI is InChI=1S/C25H28BrN5O5/c1-34-21-9-6-17(12-22(21)35-2)14-27-36-15-23(32)28-29-24-19-13-18(26)7-8-20(19)31(25(24)33)16-30-10-4-3-5-11-30/h6-9,12-14,33H,3-5,10-11,15-16H2,1-2H3/b27-14-,29-28?. The van der Waals surface area contributed by atoms with Crippen LogP contribution in [-0.4, -0.2) is 60.6 Å². The number of aromatic nitrogens is 1. The van der Waals surface area contributed by atoms with Gasteiger partial charge in [-0.2, -0.15) is 0 Å². The molecule has 0 bridgehead atoms. The van der Waals surface area contributed by atoms with Crippen LogP contribution in [0.3, 0.4) is 0 Å². The van der Waals surface area contributed by atoms with Crippen molar-refractivity contribution in [3.63, 3.8) is 0 Å². The maximum atomic E-state index is 12.2. The second-order valence-electron chi connectivity index (χ2n) is 8.30. The van der Waals surface area contributed by atoms with Crippen LogP contribution in [0.25, 0.3) is 10.9 Å². The van der Waals surface area contributed by atoms with Crippen LogP contribution in [-0.2, 0) is 16.3 Å². The van der Waals surface area contributed by atoms with Crippen LogP contribution in [0.2, 0.25) is 0 Å². The molecule has 0 spiro atoms. The van der Waals surface area contributed by atoms with Gasteiger partial charge in [0.05, 0.1) is 32.6 Å². The summed E-state index contributed by atoms with van der Waals surface area (Å²) in [5.74, 6) is 0.486. The molecule has 1 N–H and O–H groups in total. The minimum atomic E-state index is -0.634. The van der Waals surface area contributed by atoms with Crippen molar-refractivity contribution in [3.05, 3.63) is 46.4 Å². The summed E-state index contributed by atoms with van der Waals surface area (Å²) in [4.78, 5) is 19.6. The predicted octanol–water partition coefficient (Wildman–Crippen LogP) is 5.23. The molecule has 4 rings (SSSR count). The van der Waals surface area contributed by atoms with E-state index in [0.29, 0.717) is 29.1 Å². The number of amides is 1. The molecule has 10 nitrogen and oxygen atoms in total. The molecule has 190 valence electrons. The molecular formula is C25H28BrN5O5. The predicted molar refractivity (Wildman–Crippen MR) is 139 cm³/mol. The zero-order valence-electron chi connectivity index (χ0n) is 20.2. The molecule has 1 aliphatic rings. The fourth-order valence-electron chi connectivity index (χ4n) is 4.10. The molecule has 36 heavy (non-hydrogen) atoms. The number of piperidine rings is 1. The average molecular weight is 558 g/mol. The number of methoxy groups -OCH3 is 2. The largest absolute Gasteiger partial charge is 0.493 e. The summed E-state index contributed by atoms with van der Waals surface area (Å²) < 4.78 is 13.1. The molecule has 1 fully saturated rings. The Bertz CT molecular complexity index is 1280. The molecule has 0 aliphatic carbocycles. The van der Waals surface area contributed by atoms with E-state index in [-0.39, 0.29) is 11.6 Å². The van der Waals surface area contributed by atoms with Gasteiger partial charge in [0.25, 0.3) is 0 Å². The number of hydrogen-bond donors (Lipinski definition) is 1. The smallest absolute Gasteiger partial charge is 0.304 e. The molecule has 3 aromatic rings. The van der Waals surface area contributed by atoms with Crippen LogP contribution < -0.4 is 9.47 Å². The van der Waals surface area contributed by atoms with Crippen LogP contribution in [0.5, 0.6) is 17.4 Å². The Labute approximate surface area is 217 Å². The quantitative estimate of drug-likeness (QED) is 0.219. The zero-order valence-corrected chi connectivity index (χ0v) is 21.8. The van der Waals surface area contributed by atoms with Crippen molar-refractivity contribution in [1.29, 1.82) is 0 Å². The third-order valence-electron chi connectivity index (χ3n) is 5.90. The van der Waals surface area contributed by atoms with Crippen LogP contribution in [0, 0.1) is 0 Å². The molecule has 1 aliphatic heterocycles. The van der Waals surface area contributed by atoms with Crippen LogP contribution in [0.1, 0.15) is 24.8 Å². The normalized spacial score (nSPS) is 14.6. The number of nitrogens with zero attached hydrogens (tertiary/aromatic N) is 5. The van der Waals surface area contributed by atoms with Gasteiger partial charge in [-0.15, -0.1) is 10.2 Å². The average Bonchev–Trinajstić information content (AvgIpc) is 3.15. The van der Waals surface area contributed by atoms with Crippen molar-refractivity contribution in [2.75, 3.05) is 33.9 Å². The van der Waals surface area contributed by atoms with Gasteiger partial charge < -0.3 is 19.4 Å². The molecule has 2 aromatic carbocycles.